The number of aromatic amines is 1. The Balaban J connectivity index is 1.84. The van der Waals surface area contributed by atoms with Gasteiger partial charge in [0.1, 0.15) is 0 Å². The maximum atomic E-state index is 12.9. The van der Waals surface area contributed by atoms with Gasteiger partial charge < -0.3 is 20.4 Å². The molecule has 140 valence electrons. The number of fused-ring (bicyclic) bond motifs is 10. The molecule has 5 heteroatoms. The number of nitrogens with zero attached hydrogens (tertiary/aromatic N) is 1. The van der Waals surface area contributed by atoms with E-state index in [4.69, 9.17) is 0 Å². The van der Waals surface area contributed by atoms with Gasteiger partial charge in [-0.1, -0.05) is 36.4 Å². The van der Waals surface area contributed by atoms with Crippen molar-refractivity contribution in [2.24, 2.45) is 0 Å². The summed E-state index contributed by atoms with van der Waals surface area (Å²) in [6, 6.07) is 8.01. The summed E-state index contributed by atoms with van der Waals surface area (Å²) >= 11 is 0. The summed E-state index contributed by atoms with van der Waals surface area (Å²) in [6.45, 7) is 1.82. The molecule has 2 aliphatic carbocycles. The molecule has 1 aromatic heterocycles. The minimum atomic E-state index is -0.665. The fraction of sp³-hybridized carbons (Fsp3) is 0.261. The predicted octanol–water partition coefficient (Wildman–Crippen LogP) is 4.07. The van der Waals surface area contributed by atoms with Gasteiger partial charge in [-0.2, -0.15) is 0 Å². The highest BCUT2D eigenvalue weighted by Gasteiger charge is 2.41. The molecule has 2 heterocycles. The molecule has 28 heavy (non-hydrogen) atoms. The Labute approximate surface area is 161 Å². The van der Waals surface area contributed by atoms with Crippen LogP contribution in [0, 0.1) is 5.21 Å². The van der Waals surface area contributed by atoms with E-state index in [9.17, 15) is 15.1 Å². The molecule has 2 aromatic carbocycles. The van der Waals surface area contributed by atoms with Crippen LogP contribution in [-0.2, 0) is 13.0 Å². The van der Waals surface area contributed by atoms with Gasteiger partial charge in [-0.3, -0.25) is 4.79 Å². The number of hydroxylamine groups is 2. The fourth-order valence-corrected chi connectivity index (χ4v) is 5.41. The van der Waals surface area contributed by atoms with Crippen LogP contribution in [0.4, 0.5) is 0 Å². The SMILES string of the molecule is CC(O)C1c2ccccc2-c2c1c1c(c3c4c([nH]c23)CCC=C4)CN([O-])C1=O. The van der Waals surface area contributed by atoms with Gasteiger partial charge >= 0.3 is 0 Å². The molecule has 0 radical (unpaired) electrons. The number of nitrogens with one attached hydrogen (secondary N) is 1. The highest BCUT2D eigenvalue weighted by Crippen LogP contribution is 2.54. The minimum Gasteiger partial charge on any atom is -0.756 e. The van der Waals surface area contributed by atoms with E-state index in [1.54, 1.807) is 6.92 Å². The zero-order valence-electron chi connectivity index (χ0n) is 15.5. The molecule has 1 amide bonds. The van der Waals surface area contributed by atoms with Crippen molar-refractivity contribution in [1.29, 1.82) is 0 Å². The number of aliphatic hydroxyl groups is 1. The minimum absolute atomic E-state index is 0.0684. The molecule has 0 saturated heterocycles. The van der Waals surface area contributed by atoms with Gasteiger partial charge in [0.2, 0.25) is 5.91 Å². The molecular formula is C23H19N2O3-. The number of hydrogen-bond acceptors (Lipinski definition) is 3. The van der Waals surface area contributed by atoms with Gasteiger partial charge in [0.15, 0.2) is 0 Å². The summed E-state index contributed by atoms with van der Waals surface area (Å²) in [5.41, 5.74) is 8.38. The average molecular weight is 371 g/mol. The molecule has 2 atom stereocenters. The molecule has 0 saturated carbocycles. The number of aromatic nitrogens is 1. The van der Waals surface area contributed by atoms with E-state index in [0.29, 0.717) is 10.6 Å². The number of benzene rings is 2. The largest absolute Gasteiger partial charge is 0.756 e. The van der Waals surface area contributed by atoms with E-state index >= 15 is 0 Å². The van der Waals surface area contributed by atoms with Crippen LogP contribution in [0.15, 0.2) is 30.3 Å². The number of allylic oxidation sites excluding steroid dienone is 1. The molecule has 3 aliphatic rings. The molecule has 0 bridgehead atoms. The third-order valence-corrected chi connectivity index (χ3v) is 6.46. The molecule has 3 aromatic rings. The first-order valence-electron chi connectivity index (χ1n) is 9.74. The molecule has 0 fully saturated rings. The van der Waals surface area contributed by atoms with Crippen molar-refractivity contribution in [2.45, 2.75) is 38.3 Å². The van der Waals surface area contributed by atoms with Crippen LogP contribution in [0.3, 0.4) is 0 Å². The van der Waals surface area contributed by atoms with Crippen LogP contribution in [0.5, 0.6) is 0 Å². The van der Waals surface area contributed by atoms with Crippen LogP contribution in [0.1, 0.15) is 57.6 Å². The molecule has 5 nitrogen and oxygen atoms in total. The van der Waals surface area contributed by atoms with Gasteiger partial charge in [0, 0.05) is 40.2 Å². The summed E-state index contributed by atoms with van der Waals surface area (Å²) < 4.78 is 0. The highest BCUT2D eigenvalue weighted by molar-refractivity contribution is 6.15. The molecular weight excluding hydrogens is 352 g/mol. The maximum Gasteiger partial charge on any atom is 0.244 e. The Bertz CT molecular complexity index is 1220. The second kappa shape index (κ2) is 5.34. The monoisotopic (exact) mass is 371 g/mol. The van der Waals surface area contributed by atoms with Gasteiger partial charge in [0.05, 0.1) is 11.6 Å². The molecule has 6 rings (SSSR count). The van der Waals surface area contributed by atoms with E-state index in [2.05, 4.69) is 17.1 Å². The van der Waals surface area contributed by atoms with Crippen molar-refractivity contribution in [3.05, 3.63) is 69.1 Å². The lowest BCUT2D eigenvalue weighted by Crippen LogP contribution is -2.19. The van der Waals surface area contributed by atoms with Crippen molar-refractivity contribution in [1.82, 2.24) is 10.0 Å². The van der Waals surface area contributed by atoms with E-state index in [-0.39, 0.29) is 12.5 Å². The van der Waals surface area contributed by atoms with Crippen LogP contribution in [0.25, 0.3) is 28.1 Å². The Kier molecular flexibility index (Phi) is 3.07. The summed E-state index contributed by atoms with van der Waals surface area (Å²) in [4.78, 5) is 16.5. The third kappa shape index (κ3) is 1.81. The molecule has 0 spiro atoms. The van der Waals surface area contributed by atoms with Crippen LogP contribution < -0.4 is 0 Å². The number of H-pyrrole nitrogens is 1. The summed E-state index contributed by atoms with van der Waals surface area (Å²) in [6.07, 6.45) is 5.48. The number of carbonyl (C=O) groups excluding carboxylic acids is 1. The molecule has 1 aliphatic heterocycles. The molecule has 2 unspecified atom stereocenters. The van der Waals surface area contributed by atoms with Crippen molar-refractivity contribution in [2.75, 3.05) is 0 Å². The third-order valence-electron chi connectivity index (χ3n) is 6.46. The quantitative estimate of drug-likeness (QED) is 0.677. The molecule has 2 N–H and O–H groups in total. The number of aryl methyl sites for hydroxylation is 1. The number of hydrogen-bond donors (Lipinski definition) is 2. The van der Waals surface area contributed by atoms with Gasteiger partial charge in [0.25, 0.3) is 0 Å². The lowest BCUT2D eigenvalue weighted by Gasteiger charge is -2.22. The summed E-state index contributed by atoms with van der Waals surface area (Å²) in [5, 5.41) is 24.6. The van der Waals surface area contributed by atoms with Crippen molar-refractivity contribution in [3.63, 3.8) is 0 Å². The number of amides is 1. The Hall–Kier alpha value is -2.89. The Morgan fingerprint density at radius 3 is 2.93 bits per heavy atom. The first-order valence-corrected chi connectivity index (χ1v) is 9.74. The zero-order valence-corrected chi connectivity index (χ0v) is 15.5. The van der Waals surface area contributed by atoms with Gasteiger partial charge in [-0.05, 0) is 42.0 Å². The van der Waals surface area contributed by atoms with E-state index in [1.165, 1.54) is 0 Å². The van der Waals surface area contributed by atoms with E-state index in [0.717, 1.165) is 62.8 Å². The van der Waals surface area contributed by atoms with Crippen LogP contribution in [0.2, 0.25) is 0 Å². The van der Waals surface area contributed by atoms with Gasteiger partial charge in [-0.15, -0.1) is 0 Å². The van der Waals surface area contributed by atoms with Crippen molar-refractivity contribution < 1.29 is 9.90 Å². The normalized spacial score (nSPS) is 20.3. The van der Waals surface area contributed by atoms with Crippen LogP contribution >= 0.6 is 0 Å². The standard InChI is InChI=1S/C23H19N2O3/c1-11(26)17-12-6-2-3-7-13(12)19-21(17)20-15(10-25(28)23(20)27)18-14-8-4-5-9-16(14)24-22(18)19/h2-4,6-8,11,17,24,26H,5,9-10H2,1H3/q-1. The van der Waals surface area contributed by atoms with Crippen molar-refractivity contribution in [3.8, 4) is 11.1 Å². The average Bonchev–Trinajstić information content (AvgIpc) is 3.31. The smallest absolute Gasteiger partial charge is 0.244 e. The second-order valence-electron chi connectivity index (χ2n) is 8.00. The van der Waals surface area contributed by atoms with E-state index < -0.39 is 12.0 Å². The fourth-order valence-electron chi connectivity index (χ4n) is 5.41. The lowest BCUT2D eigenvalue weighted by atomic mass is 9.85. The second-order valence-corrected chi connectivity index (χ2v) is 8.00. The highest BCUT2D eigenvalue weighted by atomic mass is 16.5. The Morgan fingerprint density at radius 2 is 2.11 bits per heavy atom. The van der Waals surface area contributed by atoms with E-state index in [1.807, 2.05) is 24.3 Å². The first-order chi connectivity index (χ1) is 13.6. The predicted molar refractivity (Wildman–Crippen MR) is 108 cm³/mol. The first kappa shape index (κ1) is 16.1. The topological polar surface area (TPSA) is 79.4 Å². The maximum absolute atomic E-state index is 12.9. The number of carbonyl (C=O) groups is 1. The number of aliphatic hydroxyl groups excluding tert-OH is 1. The Morgan fingerprint density at radius 1 is 1.29 bits per heavy atom. The lowest BCUT2D eigenvalue weighted by molar-refractivity contribution is 0.0841. The van der Waals surface area contributed by atoms with Gasteiger partial charge in [-0.25, -0.2) is 0 Å². The summed E-state index contributed by atoms with van der Waals surface area (Å²) in [5.74, 6) is -0.794. The zero-order chi connectivity index (χ0) is 19.2. The number of rotatable bonds is 1. The van der Waals surface area contributed by atoms with Crippen molar-refractivity contribution >= 4 is 22.9 Å². The summed E-state index contributed by atoms with van der Waals surface area (Å²) in [7, 11) is 0. The van der Waals surface area contributed by atoms with Crippen LogP contribution in [-0.4, -0.2) is 27.2 Å².